The molecule has 4 heteroatoms. The van der Waals surface area contributed by atoms with Gasteiger partial charge in [-0.25, -0.2) is 4.39 Å². The van der Waals surface area contributed by atoms with Crippen LogP contribution in [0, 0.1) is 5.82 Å². The summed E-state index contributed by atoms with van der Waals surface area (Å²) in [4.78, 5) is 0. The van der Waals surface area contributed by atoms with Crippen molar-refractivity contribution in [3.05, 3.63) is 70.1 Å². The van der Waals surface area contributed by atoms with Crippen LogP contribution in [0.1, 0.15) is 11.1 Å². The molecular weight excluding hydrogens is 331 g/mol. The van der Waals surface area contributed by atoms with Crippen molar-refractivity contribution >= 4 is 26.8 Å². The fourth-order valence-corrected chi connectivity index (χ4v) is 3.18. The Hall–Kier alpha value is -1.65. The summed E-state index contributed by atoms with van der Waals surface area (Å²) in [5.74, 6) is -0.216. The zero-order chi connectivity index (χ0) is 14.8. The van der Waals surface area contributed by atoms with Crippen LogP contribution in [0.25, 0.3) is 10.9 Å². The summed E-state index contributed by atoms with van der Waals surface area (Å²) >= 11 is 3.34. The first-order valence-corrected chi connectivity index (χ1v) is 7.63. The van der Waals surface area contributed by atoms with Gasteiger partial charge in [0, 0.05) is 34.7 Å². The highest BCUT2D eigenvalue weighted by molar-refractivity contribution is 9.10. The second kappa shape index (κ2) is 6.00. The predicted molar refractivity (Wildman–Crippen MR) is 87.9 cm³/mol. The lowest BCUT2D eigenvalue weighted by Crippen LogP contribution is -2.05. The van der Waals surface area contributed by atoms with Gasteiger partial charge in [-0.15, -0.1) is 0 Å². The zero-order valence-electron chi connectivity index (χ0n) is 11.7. The maximum atomic E-state index is 13.5. The Labute approximate surface area is 131 Å². The van der Waals surface area contributed by atoms with Crippen molar-refractivity contribution in [2.24, 2.45) is 0 Å². The number of halogens is 2. The lowest BCUT2D eigenvalue weighted by atomic mass is 10.1. The first kappa shape index (κ1) is 14.3. The third-order valence-corrected chi connectivity index (χ3v) is 4.00. The van der Waals surface area contributed by atoms with Crippen molar-refractivity contribution in [3.8, 4) is 0 Å². The van der Waals surface area contributed by atoms with Gasteiger partial charge >= 0.3 is 0 Å². The summed E-state index contributed by atoms with van der Waals surface area (Å²) in [6.07, 6.45) is 2.06. The highest BCUT2D eigenvalue weighted by Crippen LogP contribution is 2.22. The van der Waals surface area contributed by atoms with Crippen LogP contribution < -0.4 is 5.32 Å². The average Bonchev–Trinajstić information content (AvgIpc) is 2.82. The van der Waals surface area contributed by atoms with Crippen LogP contribution in [0.2, 0.25) is 0 Å². The molecule has 0 spiro atoms. The van der Waals surface area contributed by atoms with Gasteiger partial charge in [-0.2, -0.15) is 0 Å². The van der Waals surface area contributed by atoms with E-state index in [1.165, 1.54) is 22.5 Å². The van der Waals surface area contributed by atoms with Crippen LogP contribution in [-0.2, 0) is 13.1 Å². The molecule has 2 aromatic carbocycles. The normalized spacial score (nSPS) is 11.2. The molecule has 3 rings (SSSR count). The smallest absolute Gasteiger partial charge is 0.124 e. The van der Waals surface area contributed by atoms with Gasteiger partial charge in [-0.3, -0.25) is 0 Å². The van der Waals surface area contributed by atoms with E-state index in [0.29, 0.717) is 6.54 Å². The number of rotatable bonds is 4. The molecule has 0 aliphatic heterocycles. The number of hydrogen-bond donors (Lipinski definition) is 1. The van der Waals surface area contributed by atoms with Gasteiger partial charge in [0.2, 0.25) is 0 Å². The Kier molecular flexibility index (Phi) is 4.08. The molecule has 1 heterocycles. The van der Waals surface area contributed by atoms with E-state index in [9.17, 15) is 4.39 Å². The van der Waals surface area contributed by atoms with E-state index < -0.39 is 0 Å². The molecule has 0 saturated heterocycles. The van der Waals surface area contributed by atoms with Crippen molar-refractivity contribution in [2.75, 3.05) is 7.05 Å². The standard InChI is InChI=1S/C17H16BrFN2/c1-20-10-13-3-2-4-17-16(13)5-6-21(17)11-12-7-14(18)9-15(19)8-12/h2-9,20H,10-11H2,1H3. The summed E-state index contributed by atoms with van der Waals surface area (Å²) < 4.78 is 16.4. The van der Waals surface area contributed by atoms with Crippen molar-refractivity contribution in [3.63, 3.8) is 0 Å². The van der Waals surface area contributed by atoms with Crippen LogP contribution >= 0.6 is 15.9 Å². The first-order chi connectivity index (χ1) is 10.2. The van der Waals surface area contributed by atoms with Gasteiger partial charge in [-0.05, 0) is 48.5 Å². The van der Waals surface area contributed by atoms with E-state index in [1.807, 2.05) is 13.1 Å². The average molecular weight is 347 g/mol. The van der Waals surface area contributed by atoms with E-state index in [0.717, 1.165) is 16.6 Å². The Morgan fingerprint density at radius 2 is 2.05 bits per heavy atom. The summed E-state index contributed by atoms with van der Waals surface area (Å²) in [6, 6.07) is 13.4. The van der Waals surface area contributed by atoms with Crippen molar-refractivity contribution in [1.82, 2.24) is 9.88 Å². The fraction of sp³-hybridized carbons (Fsp3) is 0.176. The highest BCUT2D eigenvalue weighted by atomic mass is 79.9. The number of benzene rings is 2. The molecule has 0 aliphatic carbocycles. The molecule has 0 bridgehead atoms. The van der Waals surface area contributed by atoms with Gasteiger partial charge in [-0.1, -0.05) is 28.1 Å². The predicted octanol–water partition coefficient (Wildman–Crippen LogP) is 4.31. The molecule has 1 N–H and O–H groups in total. The van der Waals surface area contributed by atoms with E-state index in [-0.39, 0.29) is 5.82 Å². The van der Waals surface area contributed by atoms with Gasteiger partial charge in [0.15, 0.2) is 0 Å². The minimum absolute atomic E-state index is 0.216. The van der Waals surface area contributed by atoms with E-state index in [2.05, 4.69) is 56.3 Å². The van der Waals surface area contributed by atoms with Crippen molar-refractivity contribution in [2.45, 2.75) is 13.1 Å². The SMILES string of the molecule is CNCc1cccc2c1ccn2Cc1cc(F)cc(Br)c1. The van der Waals surface area contributed by atoms with Gasteiger partial charge < -0.3 is 9.88 Å². The van der Waals surface area contributed by atoms with E-state index in [1.54, 1.807) is 6.07 Å². The van der Waals surface area contributed by atoms with Crippen LogP contribution in [0.3, 0.4) is 0 Å². The maximum Gasteiger partial charge on any atom is 0.124 e. The Bertz CT molecular complexity index is 759. The largest absolute Gasteiger partial charge is 0.343 e. The Morgan fingerprint density at radius 3 is 2.81 bits per heavy atom. The monoisotopic (exact) mass is 346 g/mol. The second-order valence-electron chi connectivity index (χ2n) is 5.10. The summed E-state index contributed by atoms with van der Waals surface area (Å²) in [5, 5.41) is 4.42. The van der Waals surface area contributed by atoms with Gasteiger partial charge in [0.25, 0.3) is 0 Å². The van der Waals surface area contributed by atoms with Gasteiger partial charge in [0.05, 0.1) is 0 Å². The molecule has 0 amide bonds. The lowest BCUT2D eigenvalue weighted by molar-refractivity contribution is 0.623. The van der Waals surface area contributed by atoms with Crippen molar-refractivity contribution in [1.29, 1.82) is 0 Å². The fourth-order valence-electron chi connectivity index (χ4n) is 2.67. The number of fused-ring (bicyclic) bond motifs is 1. The van der Waals surface area contributed by atoms with Crippen molar-refractivity contribution < 1.29 is 4.39 Å². The molecule has 0 radical (unpaired) electrons. The van der Waals surface area contributed by atoms with Crippen LogP contribution in [-0.4, -0.2) is 11.6 Å². The lowest BCUT2D eigenvalue weighted by Gasteiger charge is -2.08. The molecule has 21 heavy (non-hydrogen) atoms. The number of aromatic nitrogens is 1. The molecule has 3 aromatic rings. The summed E-state index contributed by atoms with van der Waals surface area (Å²) in [5.41, 5.74) is 3.38. The number of nitrogens with one attached hydrogen (secondary N) is 1. The summed E-state index contributed by atoms with van der Waals surface area (Å²) in [6.45, 7) is 1.50. The van der Waals surface area contributed by atoms with Gasteiger partial charge in [0.1, 0.15) is 5.82 Å². The maximum absolute atomic E-state index is 13.5. The van der Waals surface area contributed by atoms with Crippen LogP contribution in [0.15, 0.2) is 53.1 Å². The molecule has 2 nitrogen and oxygen atoms in total. The van der Waals surface area contributed by atoms with Crippen LogP contribution in [0.4, 0.5) is 4.39 Å². The Balaban J connectivity index is 1.99. The van der Waals surface area contributed by atoms with Crippen LogP contribution in [0.5, 0.6) is 0 Å². The third kappa shape index (κ3) is 3.01. The van der Waals surface area contributed by atoms with E-state index in [4.69, 9.17) is 0 Å². The first-order valence-electron chi connectivity index (χ1n) is 6.83. The number of hydrogen-bond acceptors (Lipinski definition) is 1. The quantitative estimate of drug-likeness (QED) is 0.744. The zero-order valence-corrected chi connectivity index (χ0v) is 13.3. The molecule has 0 fully saturated rings. The Morgan fingerprint density at radius 1 is 1.19 bits per heavy atom. The van der Waals surface area contributed by atoms with E-state index >= 15 is 0 Å². The molecule has 1 aromatic heterocycles. The minimum atomic E-state index is -0.216. The molecule has 0 aliphatic rings. The second-order valence-corrected chi connectivity index (χ2v) is 6.02. The topological polar surface area (TPSA) is 17.0 Å². The molecular formula is C17H16BrFN2. The molecule has 0 unspecified atom stereocenters. The minimum Gasteiger partial charge on any atom is -0.343 e. The number of nitrogens with zero attached hydrogens (tertiary/aromatic N) is 1. The molecule has 108 valence electrons. The highest BCUT2D eigenvalue weighted by Gasteiger charge is 2.06. The summed E-state index contributed by atoms with van der Waals surface area (Å²) in [7, 11) is 1.94. The molecule has 0 saturated carbocycles. The third-order valence-electron chi connectivity index (χ3n) is 3.55. The molecule has 0 atom stereocenters.